The van der Waals surface area contributed by atoms with Crippen molar-refractivity contribution in [2.75, 3.05) is 5.32 Å². The molecule has 19 heavy (non-hydrogen) atoms. The molecular weight excluding hydrogens is 253 g/mol. The summed E-state index contributed by atoms with van der Waals surface area (Å²) in [5.74, 6) is -1.44. The first-order valence-electron chi connectivity index (χ1n) is 5.41. The van der Waals surface area contributed by atoms with Gasteiger partial charge in [-0.3, -0.25) is 0 Å². The second-order valence-electron chi connectivity index (χ2n) is 3.92. The van der Waals surface area contributed by atoms with Crippen LogP contribution in [0.5, 0.6) is 0 Å². The quantitative estimate of drug-likeness (QED) is 0.830. The number of benzene rings is 1. The van der Waals surface area contributed by atoms with Gasteiger partial charge in [-0.1, -0.05) is 23.3 Å². The smallest absolute Gasteiger partial charge is 0.352 e. The third-order valence-electron chi connectivity index (χ3n) is 2.78. The van der Waals surface area contributed by atoms with Crippen molar-refractivity contribution >= 4 is 11.9 Å². The number of allylic oxidation sites excluding steroid dienone is 1. The van der Waals surface area contributed by atoms with Gasteiger partial charge >= 0.3 is 5.97 Å². The van der Waals surface area contributed by atoms with E-state index in [1.165, 1.54) is 16.8 Å². The number of nitrogens with zero attached hydrogens (tertiary/aromatic N) is 4. The van der Waals surface area contributed by atoms with E-state index in [0.717, 1.165) is 0 Å². The number of fused-ring (bicyclic) bond motifs is 1. The molecule has 0 bridgehead atoms. The van der Waals surface area contributed by atoms with Gasteiger partial charge in [0.15, 0.2) is 0 Å². The molecule has 1 atom stereocenters. The number of tetrazole rings is 1. The van der Waals surface area contributed by atoms with Crippen molar-refractivity contribution in [3.63, 3.8) is 0 Å². The summed E-state index contributed by atoms with van der Waals surface area (Å²) in [6, 6.07) is 5.39. The topological polar surface area (TPSA) is 92.9 Å². The molecule has 2 N–H and O–H groups in total. The number of halogens is 1. The van der Waals surface area contributed by atoms with Gasteiger partial charge in [-0.2, -0.15) is 4.68 Å². The van der Waals surface area contributed by atoms with Gasteiger partial charge in [0.25, 0.3) is 0 Å². The fraction of sp³-hybridized carbons (Fsp3) is 0.0909. The SMILES string of the molecule is O=C(O)C1=C[C@@H](c2ccccc2F)n2nnnc2N1. The van der Waals surface area contributed by atoms with Gasteiger partial charge in [-0.25, -0.2) is 9.18 Å². The summed E-state index contributed by atoms with van der Waals surface area (Å²) in [5, 5.41) is 22.4. The molecule has 0 spiro atoms. The molecule has 0 aliphatic carbocycles. The second-order valence-corrected chi connectivity index (χ2v) is 3.92. The number of aromatic nitrogens is 4. The van der Waals surface area contributed by atoms with Crippen LogP contribution in [-0.2, 0) is 4.79 Å². The molecule has 0 saturated heterocycles. The molecule has 1 aliphatic rings. The number of aliphatic carboxylic acids is 1. The average molecular weight is 261 g/mol. The lowest BCUT2D eigenvalue weighted by atomic mass is 10.0. The molecule has 7 nitrogen and oxygen atoms in total. The zero-order valence-corrected chi connectivity index (χ0v) is 9.49. The summed E-state index contributed by atoms with van der Waals surface area (Å²) in [6.07, 6.45) is 1.37. The minimum atomic E-state index is -1.16. The lowest BCUT2D eigenvalue weighted by molar-refractivity contribution is -0.132. The van der Waals surface area contributed by atoms with E-state index >= 15 is 0 Å². The highest BCUT2D eigenvalue weighted by atomic mass is 19.1. The van der Waals surface area contributed by atoms with Gasteiger partial charge in [0.05, 0.1) is 0 Å². The first-order valence-corrected chi connectivity index (χ1v) is 5.41. The standard InChI is InChI=1S/C11H8FN5O2/c12-7-4-2-1-3-6(7)9-5-8(10(18)19)13-11-14-15-16-17(9)11/h1-5,9H,(H,18,19)(H,13,14,16)/t9-/m0/s1. The van der Waals surface area contributed by atoms with Gasteiger partial charge in [0.1, 0.15) is 17.6 Å². The van der Waals surface area contributed by atoms with E-state index < -0.39 is 17.8 Å². The molecule has 96 valence electrons. The van der Waals surface area contributed by atoms with E-state index in [4.69, 9.17) is 5.11 Å². The zero-order valence-electron chi connectivity index (χ0n) is 9.49. The Morgan fingerprint density at radius 3 is 2.95 bits per heavy atom. The normalized spacial score (nSPS) is 17.3. The molecule has 1 aromatic carbocycles. The van der Waals surface area contributed by atoms with Crippen LogP contribution in [-0.4, -0.2) is 31.3 Å². The lowest BCUT2D eigenvalue weighted by Crippen LogP contribution is -2.24. The first-order chi connectivity index (χ1) is 9.16. The van der Waals surface area contributed by atoms with E-state index in [-0.39, 0.29) is 11.6 Å². The Kier molecular flexibility index (Phi) is 2.48. The molecule has 0 fully saturated rings. The molecule has 0 radical (unpaired) electrons. The Labute approximate surface area is 106 Å². The minimum Gasteiger partial charge on any atom is -0.477 e. The number of hydrogen-bond donors (Lipinski definition) is 2. The molecule has 0 saturated carbocycles. The molecular formula is C11H8FN5O2. The van der Waals surface area contributed by atoms with Crippen LogP contribution in [0.1, 0.15) is 11.6 Å². The molecule has 1 aliphatic heterocycles. The fourth-order valence-corrected chi connectivity index (χ4v) is 1.92. The summed E-state index contributed by atoms with van der Waals surface area (Å²) in [6.45, 7) is 0. The number of anilines is 1. The van der Waals surface area contributed by atoms with Crippen molar-refractivity contribution in [3.8, 4) is 0 Å². The molecule has 1 aromatic heterocycles. The predicted molar refractivity (Wildman–Crippen MR) is 61.7 cm³/mol. The highest BCUT2D eigenvalue weighted by Gasteiger charge is 2.27. The number of hydrogen-bond acceptors (Lipinski definition) is 5. The molecule has 3 rings (SSSR count). The molecule has 0 unspecified atom stereocenters. The Morgan fingerprint density at radius 1 is 1.42 bits per heavy atom. The molecule has 0 amide bonds. The third-order valence-corrected chi connectivity index (χ3v) is 2.78. The van der Waals surface area contributed by atoms with Crippen molar-refractivity contribution in [1.29, 1.82) is 0 Å². The number of rotatable bonds is 2. The van der Waals surface area contributed by atoms with Gasteiger partial charge in [-0.15, -0.1) is 0 Å². The summed E-state index contributed by atoms with van der Waals surface area (Å²) >= 11 is 0. The minimum absolute atomic E-state index is 0.0875. The van der Waals surface area contributed by atoms with Gasteiger partial charge in [0.2, 0.25) is 5.95 Å². The Hall–Kier alpha value is -2.77. The second kappa shape index (κ2) is 4.16. The van der Waals surface area contributed by atoms with E-state index in [1.807, 2.05) is 0 Å². The van der Waals surface area contributed by atoms with Crippen molar-refractivity contribution in [2.24, 2.45) is 0 Å². The van der Waals surface area contributed by atoms with Crippen LogP contribution in [0.2, 0.25) is 0 Å². The highest BCUT2D eigenvalue weighted by molar-refractivity contribution is 5.90. The number of carboxylic acids is 1. The van der Waals surface area contributed by atoms with Gasteiger partial charge < -0.3 is 10.4 Å². The van der Waals surface area contributed by atoms with E-state index in [9.17, 15) is 9.18 Å². The Morgan fingerprint density at radius 2 is 2.21 bits per heavy atom. The molecule has 2 heterocycles. The maximum absolute atomic E-state index is 13.8. The fourth-order valence-electron chi connectivity index (χ4n) is 1.92. The Balaban J connectivity index is 2.15. The monoisotopic (exact) mass is 261 g/mol. The van der Waals surface area contributed by atoms with Crippen molar-refractivity contribution in [1.82, 2.24) is 20.2 Å². The summed E-state index contributed by atoms with van der Waals surface area (Å²) in [4.78, 5) is 11.0. The molecule has 8 heteroatoms. The maximum atomic E-state index is 13.8. The van der Waals surface area contributed by atoms with Crippen LogP contribution >= 0.6 is 0 Å². The van der Waals surface area contributed by atoms with Crippen LogP contribution < -0.4 is 5.32 Å². The van der Waals surface area contributed by atoms with E-state index in [2.05, 4.69) is 20.8 Å². The average Bonchev–Trinajstić information content (AvgIpc) is 2.86. The molecule has 2 aromatic rings. The van der Waals surface area contributed by atoms with Crippen molar-refractivity contribution in [2.45, 2.75) is 6.04 Å². The van der Waals surface area contributed by atoms with Crippen molar-refractivity contribution in [3.05, 3.63) is 47.4 Å². The number of carbonyl (C=O) groups is 1. The van der Waals surface area contributed by atoms with Crippen LogP contribution in [0.15, 0.2) is 36.0 Å². The van der Waals surface area contributed by atoms with E-state index in [1.54, 1.807) is 18.2 Å². The summed E-state index contributed by atoms with van der Waals surface area (Å²) in [7, 11) is 0. The summed E-state index contributed by atoms with van der Waals surface area (Å²) in [5.41, 5.74) is 0.215. The van der Waals surface area contributed by atoms with Crippen LogP contribution in [0.25, 0.3) is 0 Å². The van der Waals surface area contributed by atoms with Crippen LogP contribution in [0.3, 0.4) is 0 Å². The van der Waals surface area contributed by atoms with Crippen LogP contribution in [0.4, 0.5) is 10.3 Å². The Bertz CT molecular complexity index is 681. The van der Waals surface area contributed by atoms with Gasteiger partial charge in [-0.05, 0) is 22.6 Å². The highest BCUT2D eigenvalue weighted by Crippen LogP contribution is 2.29. The zero-order chi connectivity index (χ0) is 13.4. The lowest BCUT2D eigenvalue weighted by Gasteiger charge is -2.21. The predicted octanol–water partition coefficient (Wildman–Crippen LogP) is 0.796. The van der Waals surface area contributed by atoms with E-state index in [0.29, 0.717) is 5.56 Å². The summed E-state index contributed by atoms with van der Waals surface area (Å²) < 4.78 is 15.1. The first kappa shape index (κ1) is 11.3. The number of nitrogens with one attached hydrogen (secondary N) is 1. The largest absolute Gasteiger partial charge is 0.477 e. The third kappa shape index (κ3) is 1.82. The van der Waals surface area contributed by atoms with Crippen LogP contribution in [0, 0.1) is 5.82 Å². The maximum Gasteiger partial charge on any atom is 0.352 e. The number of carboxylic acid groups (broad SMARTS) is 1. The van der Waals surface area contributed by atoms with Gasteiger partial charge in [0, 0.05) is 5.56 Å². The van der Waals surface area contributed by atoms with Crippen molar-refractivity contribution < 1.29 is 14.3 Å².